The average molecular weight is 273 g/mol. The third kappa shape index (κ3) is 1.66. The van der Waals surface area contributed by atoms with Crippen molar-refractivity contribution in [1.82, 2.24) is 10.4 Å². The lowest BCUT2D eigenvalue weighted by Gasteiger charge is -2.49. The summed E-state index contributed by atoms with van der Waals surface area (Å²) < 4.78 is 0. The minimum Gasteiger partial charge on any atom is -0.507 e. The second kappa shape index (κ2) is 4.46. The Morgan fingerprint density at radius 3 is 2.70 bits per heavy atom. The maximum Gasteiger partial charge on any atom is 0.219 e. The Kier molecular flexibility index (Phi) is 2.72. The Hall–Kier alpha value is -1.59. The predicted octanol–water partition coefficient (Wildman–Crippen LogP) is 1.45. The molecule has 3 saturated heterocycles. The maximum absolute atomic E-state index is 10.2. The van der Waals surface area contributed by atoms with Crippen LogP contribution in [-0.4, -0.2) is 36.0 Å². The zero-order valence-corrected chi connectivity index (χ0v) is 11.3. The number of piperidine rings is 3. The first-order valence-corrected chi connectivity index (χ1v) is 7.28. The summed E-state index contributed by atoms with van der Waals surface area (Å²) in [5.74, 6) is 1.14. The van der Waals surface area contributed by atoms with Crippen molar-refractivity contribution in [3.05, 3.63) is 29.8 Å². The molecule has 0 saturated carbocycles. The number of nitrogens with one attached hydrogen (secondary N) is 1. The summed E-state index contributed by atoms with van der Waals surface area (Å²) in [5, 5.41) is 10.2. The van der Waals surface area contributed by atoms with Crippen LogP contribution in [0.15, 0.2) is 29.3 Å². The molecule has 4 aliphatic rings. The quantitative estimate of drug-likeness (QED) is 0.856. The van der Waals surface area contributed by atoms with E-state index in [-0.39, 0.29) is 11.7 Å². The Morgan fingerprint density at radius 1 is 1.30 bits per heavy atom. The van der Waals surface area contributed by atoms with Crippen molar-refractivity contribution in [2.45, 2.75) is 18.6 Å². The van der Waals surface area contributed by atoms with Gasteiger partial charge in [0.25, 0.3) is 0 Å². The molecule has 5 nitrogen and oxygen atoms in total. The number of hydroxylamine groups is 1. The van der Waals surface area contributed by atoms with Crippen LogP contribution in [0.4, 0.5) is 0 Å². The number of aliphatic imine (C=N–C) groups is 1. The van der Waals surface area contributed by atoms with Gasteiger partial charge in [-0.05, 0) is 37.9 Å². The fraction of sp³-hybridized carbons (Fsp3) is 0.533. The van der Waals surface area contributed by atoms with Gasteiger partial charge in [0, 0.05) is 12.5 Å². The molecule has 0 amide bonds. The monoisotopic (exact) mass is 273 g/mol. The van der Waals surface area contributed by atoms with Crippen molar-refractivity contribution in [1.29, 1.82) is 0 Å². The fourth-order valence-corrected chi connectivity index (χ4v) is 3.95. The number of phenols is 1. The lowest BCUT2D eigenvalue weighted by Crippen LogP contribution is -2.55. The molecule has 2 N–H and O–H groups in total. The highest BCUT2D eigenvalue weighted by molar-refractivity contribution is 5.57. The van der Waals surface area contributed by atoms with Gasteiger partial charge in [0.1, 0.15) is 12.1 Å². The number of hydrogen-bond donors (Lipinski definition) is 2. The molecule has 3 fully saturated rings. The number of phenolic OH excluding ortho intramolecular Hbond substituents is 1. The SMILES string of the molecule is Oc1ccccc1C1(C2CN3CCC2CC3)N=CNO1. The summed E-state index contributed by atoms with van der Waals surface area (Å²) in [6.45, 7) is 3.34. The molecule has 5 rings (SSSR count). The molecule has 2 bridgehead atoms. The number of aromatic hydroxyl groups is 1. The Bertz CT molecular complexity index is 540. The van der Waals surface area contributed by atoms with E-state index in [1.807, 2.05) is 18.2 Å². The van der Waals surface area contributed by atoms with Crippen LogP contribution in [0.25, 0.3) is 0 Å². The van der Waals surface area contributed by atoms with Crippen molar-refractivity contribution in [2.75, 3.05) is 19.6 Å². The van der Waals surface area contributed by atoms with Gasteiger partial charge in [-0.15, -0.1) is 0 Å². The summed E-state index contributed by atoms with van der Waals surface area (Å²) in [6, 6.07) is 7.37. The Balaban J connectivity index is 1.78. The third-order valence-electron chi connectivity index (χ3n) is 4.97. The summed E-state index contributed by atoms with van der Waals surface area (Å²) in [4.78, 5) is 12.9. The summed E-state index contributed by atoms with van der Waals surface area (Å²) in [6.07, 6.45) is 3.99. The van der Waals surface area contributed by atoms with Crippen molar-refractivity contribution in [3.63, 3.8) is 0 Å². The average Bonchev–Trinajstić information content (AvgIpc) is 2.99. The zero-order valence-electron chi connectivity index (χ0n) is 11.3. The lowest BCUT2D eigenvalue weighted by molar-refractivity contribution is -0.146. The molecule has 0 aromatic heterocycles. The lowest BCUT2D eigenvalue weighted by atomic mass is 9.71. The summed E-state index contributed by atoms with van der Waals surface area (Å²) >= 11 is 0. The van der Waals surface area contributed by atoms with Crippen molar-refractivity contribution < 1.29 is 9.94 Å². The van der Waals surface area contributed by atoms with E-state index in [0.29, 0.717) is 5.92 Å². The van der Waals surface area contributed by atoms with E-state index in [0.717, 1.165) is 12.1 Å². The Morgan fingerprint density at radius 2 is 2.10 bits per heavy atom. The molecular weight excluding hydrogens is 254 g/mol. The molecule has 5 heteroatoms. The van der Waals surface area contributed by atoms with Gasteiger partial charge in [-0.2, -0.15) is 0 Å². The molecule has 0 spiro atoms. The van der Waals surface area contributed by atoms with Gasteiger partial charge in [-0.3, -0.25) is 5.48 Å². The number of rotatable bonds is 2. The molecule has 0 radical (unpaired) electrons. The standard InChI is InChI=1S/C15H19N3O2/c19-14-4-2-1-3-12(14)15(16-10-17-20-15)13-9-18-7-5-11(13)6-8-18/h1-4,10-11,13,19H,5-9H2,(H,16,17). The molecular formula is C15H19N3O2. The van der Waals surface area contributed by atoms with Crippen LogP contribution in [0.5, 0.6) is 5.75 Å². The summed E-state index contributed by atoms with van der Waals surface area (Å²) in [7, 11) is 0. The first kappa shape index (κ1) is 12.2. The highest BCUT2D eigenvalue weighted by atomic mass is 16.7. The highest BCUT2D eigenvalue weighted by Gasteiger charge is 2.52. The van der Waals surface area contributed by atoms with Gasteiger partial charge in [-0.1, -0.05) is 18.2 Å². The van der Waals surface area contributed by atoms with Crippen LogP contribution in [0.1, 0.15) is 18.4 Å². The second-order valence-electron chi connectivity index (χ2n) is 5.94. The Labute approximate surface area is 118 Å². The van der Waals surface area contributed by atoms with E-state index < -0.39 is 5.72 Å². The number of nitrogens with zero attached hydrogens (tertiary/aromatic N) is 2. The van der Waals surface area contributed by atoms with Gasteiger partial charge in [0.05, 0.1) is 5.56 Å². The third-order valence-corrected chi connectivity index (χ3v) is 4.97. The fourth-order valence-electron chi connectivity index (χ4n) is 3.95. The van der Waals surface area contributed by atoms with E-state index in [1.54, 1.807) is 12.4 Å². The molecule has 1 aromatic rings. The van der Waals surface area contributed by atoms with Crippen LogP contribution >= 0.6 is 0 Å². The van der Waals surface area contributed by atoms with Gasteiger partial charge >= 0.3 is 0 Å². The molecule has 1 aromatic carbocycles. The smallest absolute Gasteiger partial charge is 0.219 e. The van der Waals surface area contributed by atoms with E-state index in [4.69, 9.17) is 4.84 Å². The molecule has 2 unspecified atom stereocenters. The molecule has 0 aliphatic carbocycles. The highest BCUT2D eigenvalue weighted by Crippen LogP contribution is 2.48. The number of hydrogen-bond acceptors (Lipinski definition) is 5. The molecule has 2 atom stereocenters. The van der Waals surface area contributed by atoms with Crippen LogP contribution in [-0.2, 0) is 10.6 Å². The largest absolute Gasteiger partial charge is 0.507 e. The first-order valence-electron chi connectivity index (χ1n) is 7.28. The van der Waals surface area contributed by atoms with Gasteiger partial charge in [-0.25, -0.2) is 9.83 Å². The predicted molar refractivity (Wildman–Crippen MR) is 75.2 cm³/mol. The maximum atomic E-state index is 10.2. The van der Waals surface area contributed by atoms with E-state index in [1.165, 1.54) is 25.9 Å². The minimum atomic E-state index is -0.783. The van der Waals surface area contributed by atoms with E-state index >= 15 is 0 Å². The van der Waals surface area contributed by atoms with Crippen molar-refractivity contribution in [2.24, 2.45) is 16.8 Å². The van der Waals surface area contributed by atoms with Crippen molar-refractivity contribution in [3.8, 4) is 5.75 Å². The number of fused-ring (bicyclic) bond motifs is 3. The molecule has 106 valence electrons. The van der Waals surface area contributed by atoms with Gasteiger partial charge in [0.2, 0.25) is 5.72 Å². The topological polar surface area (TPSA) is 57.1 Å². The number of benzene rings is 1. The van der Waals surface area contributed by atoms with Crippen LogP contribution in [0, 0.1) is 11.8 Å². The van der Waals surface area contributed by atoms with Crippen molar-refractivity contribution >= 4 is 6.34 Å². The van der Waals surface area contributed by atoms with Crippen LogP contribution in [0.2, 0.25) is 0 Å². The first-order chi connectivity index (χ1) is 9.79. The minimum absolute atomic E-state index is 0.254. The number of para-hydroxylation sites is 1. The second-order valence-corrected chi connectivity index (χ2v) is 5.94. The van der Waals surface area contributed by atoms with E-state index in [2.05, 4.69) is 15.4 Å². The summed E-state index contributed by atoms with van der Waals surface area (Å²) in [5.41, 5.74) is 2.76. The van der Waals surface area contributed by atoms with E-state index in [9.17, 15) is 5.11 Å². The van der Waals surface area contributed by atoms with Crippen LogP contribution < -0.4 is 5.48 Å². The van der Waals surface area contributed by atoms with Gasteiger partial charge < -0.3 is 10.0 Å². The van der Waals surface area contributed by atoms with Crippen LogP contribution in [0.3, 0.4) is 0 Å². The molecule has 4 heterocycles. The molecule has 4 aliphatic heterocycles. The zero-order chi connectivity index (χ0) is 13.6. The normalized spacial score (nSPS) is 38.9. The van der Waals surface area contributed by atoms with Gasteiger partial charge in [0.15, 0.2) is 0 Å². The molecule has 20 heavy (non-hydrogen) atoms.